The zero-order chi connectivity index (χ0) is 15.7. The normalized spacial score (nSPS) is 21.8. The predicted molar refractivity (Wildman–Crippen MR) is 77.3 cm³/mol. The van der Waals surface area contributed by atoms with E-state index >= 15 is 0 Å². The quantitative estimate of drug-likeness (QED) is 0.847. The first-order valence-electron chi connectivity index (χ1n) is 7.09. The maximum absolute atomic E-state index is 12.2. The average Bonchev–Trinajstić information content (AvgIpc) is 2.92. The van der Waals surface area contributed by atoms with Gasteiger partial charge < -0.3 is 14.0 Å². The molecule has 0 amide bonds. The van der Waals surface area contributed by atoms with Gasteiger partial charge in [-0.05, 0) is 27.2 Å². The van der Waals surface area contributed by atoms with E-state index in [4.69, 9.17) is 9.47 Å². The van der Waals surface area contributed by atoms with E-state index in [0.29, 0.717) is 12.4 Å². The second kappa shape index (κ2) is 6.04. The second-order valence-electron chi connectivity index (χ2n) is 5.62. The van der Waals surface area contributed by atoms with Crippen molar-refractivity contribution >= 4 is 10.0 Å². The van der Waals surface area contributed by atoms with E-state index in [1.807, 2.05) is 11.5 Å². The van der Waals surface area contributed by atoms with Crippen LogP contribution in [0.25, 0.3) is 0 Å². The molecule has 1 unspecified atom stereocenters. The summed E-state index contributed by atoms with van der Waals surface area (Å²) in [5, 5.41) is 0.0478. The van der Waals surface area contributed by atoms with Gasteiger partial charge in [-0.1, -0.05) is 6.92 Å². The van der Waals surface area contributed by atoms with Crippen LogP contribution in [0.4, 0.5) is 0 Å². The molecule has 8 heteroatoms. The molecule has 2 rings (SSSR count). The van der Waals surface area contributed by atoms with Gasteiger partial charge in [-0.2, -0.15) is 0 Å². The first kappa shape index (κ1) is 16.4. The minimum Gasteiger partial charge on any atom is -0.348 e. The van der Waals surface area contributed by atoms with Gasteiger partial charge in [-0.3, -0.25) is 0 Å². The molecule has 120 valence electrons. The van der Waals surface area contributed by atoms with Gasteiger partial charge in [0.2, 0.25) is 0 Å². The maximum atomic E-state index is 12.2. The first-order valence-corrected chi connectivity index (χ1v) is 8.57. The summed E-state index contributed by atoms with van der Waals surface area (Å²) in [4.78, 5) is 4.12. The largest absolute Gasteiger partial charge is 0.348 e. The molecule has 2 heterocycles. The molecule has 0 aromatic carbocycles. The van der Waals surface area contributed by atoms with Crippen LogP contribution >= 0.6 is 0 Å². The Morgan fingerprint density at radius 2 is 2.24 bits per heavy atom. The Morgan fingerprint density at radius 1 is 1.52 bits per heavy atom. The molecular weight excluding hydrogens is 294 g/mol. The monoisotopic (exact) mass is 317 g/mol. The minimum atomic E-state index is -3.62. The van der Waals surface area contributed by atoms with E-state index in [1.165, 1.54) is 0 Å². The van der Waals surface area contributed by atoms with E-state index in [0.717, 1.165) is 13.0 Å². The van der Waals surface area contributed by atoms with Crippen LogP contribution < -0.4 is 4.72 Å². The zero-order valence-electron chi connectivity index (χ0n) is 12.9. The van der Waals surface area contributed by atoms with Crippen molar-refractivity contribution in [2.75, 3.05) is 13.2 Å². The number of ether oxygens (including phenoxy) is 2. The Morgan fingerprint density at radius 3 is 2.81 bits per heavy atom. The van der Waals surface area contributed by atoms with Crippen LogP contribution in [0.5, 0.6) is 0 Å². The minimum absolute atomic E-state index is 0.0478. The summed E-state index contributed by atoms with van der Waals surface area (Å²) >= 11 is 0. The molecule has 21 heavy (non-hydrogen) atoms. The van der Waals surface area contributed by atoms with Gasteiger partial charge in [0.05, 0.1) is 12.7 Å². The zero-order valence-corrected chi connectivity index (χ0v) is 13.7. The molecule has 1 aliphatic heterocycles. The Kier molecular flexibility index (Phi) is 4.72. The van der Waals surface area contributed by atoms with Crippen molar-refractivity contribution in [3.8, 4) is 0 Å². The van der Waals surface area contributed by atoms with E-state index in [1.54, 1.807) is 27.0 Å². The van der Waals surface area contributed by atoms with E-state index in [2.05, 4.69) is 9.71 Å². The molecular formula is C13H23N3O4S. The molecule has 0 saturated carbocycles. The highest BCUT2D eigenvalue weighted by Gasteiger charge is 2.33. The Labute approximate surface area is 125 Å². The van der Waals surface area contributed by atoms with Crippen molar-refractivity contribution < 1.29 is 17.9 Å². The number of imidazole rings is 1. The topological polar surface area (TPSA) is 82.5 Å². The van der Waals surface area contributed by atoms with Crippen LogP contribution in [0, 0.1) is 6.92 Å². The fraction of sp³-hybridized carbons (Fsp3) is 0.769. The molecule has 0 bridgehead atoms. The van der Waals surface area contributed by atoms with Crippen LogP contribution in [-0.2, 0) is 26.0 Å². The highest BCUT2D eigenvalue weighted by molar-refractivity contribution is 7.89. The summed E-state index contributed by atoms with van der Waals surface area (Å²) in [5.74, 6) is 0.0360. The molecule has 1 saturated heterocycles. The third kappa shape index (κ3) is 4.03. The van der Waals surface area contributed by atoms with E-state index < -0.39 is 15.8 Å². The molecule has 7 nitrogen and oxygen atoms in total. The van der Waals surface area contributed by atoms with Crippen molar-refractivity contribution in [2.24, 2.45) is 0 Å². The van der Waals surface area contributed by atoms with Crippen LogP contribution in [0.2, 0.25) is 0 Å². The van der Waals surface area contributed by atoms with Crippen LogP contribution in [-0.4, -0.2) is 43.0 Å². The van der Waals surface area contributed by atoms with Gasteiger partial charge in [0, 0.05) is 19.3 Å². The Balaban J connectivity index is 2.00. The second-order valence-corrected chi connectivity index (χ2v) is 7.34. The van der Waals surface area contributed by atoms with Crippen molar-refractivity contribution in [1.82, 2.24) is 14.3 Å². The number of nitrogens with zero attached hydrogens (tertiary/aromatic N) is 2. The van der Waals surface area contributed by atoms with Crippen molar-refractivity contribution in [3.63, 3.8) is 0 Å². The SMILES string of the molecule is CCCn1cc(S(=O)(=O)NCC2COC(C)(C)O2)nc1C. The van der Waals surface area contributed by atoms with Gasteiger partial charge in [0.25, 0.3) is 10.0 Å². The first-order chi connectivity index (χ1) is 9.73. The smallest absolute Gasteiger partial charge is 0.259 e. The standard InChI is InChI=1S/C13H23N3O4S/c1-5-6-16-8-12(15-10(16)2)21(17,18)14-7-11-9-19-13(3,4)20-11/h8,11,14H,5-7,9H2,1-4H3. The number of hydrogen-bond acceptors (Lipinski definition) is 5. The summed E-state index contributed by atoms with van der Waals surface area (Å²) in [6, 6.07) is 0. The predicted octanol–water partition coefficient (Wildman–Crippen LogP) is 1.03. The highest BCUT2D eigenvalue weighted by Crippen LogP contribution is 2.22. The third-order valence-corrected chi connectivity index (χ3v) is 4.56. The van der Waals surface area contributed by atoms with Crippen molar-refractivity contribution in [1.29, 1.82) is 0 Å². The number of rotatable bonds is 6. The molecule has 0 radical (unpaired) electrons. The molecule has 0 spiro atoms. The number of aryl methyl sites for hydroxylation is 2. The number of sulfonamides is 1. The van der Waals surface area contributed by atoms with Gasteiger partial charge in [-0.25, -0.2) is 18.1 Å². The molecule has 1 fully saturated rings. The number of hydrogen-bond donors (Lipinski definition) is 1. The van der Waals surface area contributed by atoms with Crippen LogP contribution in [0.1, 0.15) is 33.0 Å². The fourth-order valence-corrected chi connectivity index (χ4v) is 3.29. The summed E-state index contributed by atoms with van der Waals surface area (Å²) in [6.07, 6.45) is 2.21. The summed E-state index contributed by atoms with van der Waals surface area (Å²) in [5.41, 5.74) is 0. The molecule has 1 aromatic heterocycles. The van der Waals surface area contributed by atoms with Gasteiger partial charge in [-0.15, -0.1) is 0 Å². The summed E-state index contributed by atoms with van der Waals surface area (Å²) < 4.78 is 39.8. The Hall–Kier alpha value is -0.960. The third-order valence-electron chi connectivity index (χ3n) is 3.26. The lowest BCUT2D eigenvalue weighted by Crippen LogP contribution is -2.34. The number of aromatic nitrogens is 2. The van der Waals surface area contributed by atoms with Crippen LogP contribution in [0.15, 0.2) is 11.2 Å². The summed E-state index contributed by atoms with van der Waals surface area (Å²) in [7, 11) is -3.62. The number of nitrogens with one attached hydrogen (secondary N) is 1. The van der Waals surface area contributed by atoms with Crippen LogP contribution in [0.3, 0.4) is 0 Å². The highest BCUT2D eigenvalue weighted by atomic mass is 32.2. The van der Waals surface area contributed by atoms with E-state index in [9.17, 15) is 8.42 Å². The van der Waals surface area contributed by atoms with Gasteiger partial charge >= 0.3 is 0 Å². The molecule has 1 atom stereocenters. The Bertz CT molecular complexity index is 595. The fourth-order valence-electron chi connectivity index (χ4n) is 2.22. The molecule has 1 N–H and O–H groups in total. The lowest BCUT2D eigenvalue weighted by Gasteiger charge is -2.17. The van der Waals surface area contributed by atoms with Crippen molar-refractivity contribution in [3.05, 3.63) is 12.0 Å². The lowest BCUT2D eigenvalue weighted by atomic mass is 10.4. The van der Waals surface area contributed by atoms with E-state index in [-0.39, 0.29) is 17.7 Å². The van der Waals surface area contributed by atoms with Crippen molar-refractivity contribution in [2.45, 2.75) is 57.6 Å². The molecule has 0 aliphatic carbocycles. The summed E-state index contributed by atoms with van der Waals surface area (Å²) in [6.45, 7) is 8.73. The molecule has 1 aliphatic rings. The van der Waals surface area contributed by atoms with Gasteiger partial charge in [0.15, 0.2) is 10.8 Å². The maximum Gasteiger partial charge on any atom is 0.259 e. The average molecular weight is 317 g/mol. The van der Waals surface area contributed by atoms with Gasteiger partial charge in [0.1, 0.15) is 5.82 Å². The lowest BCUT2D eigenvalue weighted by molar-refractivity contribution is -0.137. The molecule has 1 aromatic rings.